The van der Waals surface area contributed by atoms with Crippen molar-refractivity contribution in [1.82, 2.24) is 0 Å². The fraction of sp³-hybridized carbons (Fsp3) is 0.250. The number of aromatic carboxylic acids is 1. The molecular weight excluding hydrogens is 324 g/mol. The van der Waals surface area contributed by atoms with Gasteiger partial charge in [0.15, 0.2) is 0 Å². The van der Waals surface area contributed by atoms with E-state index < -0.39 is 29.1 Å². The normalized spacial score (nSPS) is 13.5. The first kappa shape index (κ1) is 15.6. The van der Waals surface area contributed by atoms with Crippen LogP contribution in [-0.4, -0.2) is 11.9 Å². The van der Waals surface area contributed by atoms with E-state index in [1.807, 2.05) is 0 Å². The minimum absolute atomic E-state index is 0.0737. The van der Waals surface area contributed by atoms with Gasteiger partial charge >= 0.3 is 0 Å². The Morgan fingerprint density at radius 3 is 2.39 bits per heavy atom. The highest BCUT2D eigenvalue weighted by Crippen LogP contribution is 2.38. The Hall–Kier alpha value is -2.28. The molecule has 0 aliphatic heterocycles. The number of carboxylic acid groups (broad SMARTS) is 1. The molecule has 0 unspecified atom stereocenters. The molecule has 0 atom stereocenters. The van der Waals surface area contributed by atoms with Crippen molar-refractivity contribution in [3.63, 3.8) is 0 Å². The standard InChI is InChI=1S/C16H13F2NO3S/c17-9-5-3-6-10(18)13(9)14(20)19-15-12(16(21)22)8-4-1-2-7-11(8)23-15/h3,5-6H,1-2,4,7H2,(H,19,20)(H,21,22)/p-1. The molecule has 2 aromatic rings. The molecule has 1 aromatic carbocycles. The third-order valence-electron chi connectivity index (χ3n) is 3.79. The number of carboxylic acids is 1. The van der Waals surface area contributed by atoms with Crippen LogP contribution in [0.1, 0.15) is 44.0 Å². The van der Waals surface area contributed by atoms with Gasteiger partial charge in [-0.2, -0.15) is 0 Å². The lowest BCUT2D eigenvalue weighted by atomic mass is 9.95. The first-order valence-corrected chi connectivity index (χ1v) is 7.92. The maximum absolute atomic E-state index is 13.7. The van der Waals surface area contributed by atoms with Crippen molar-refractivity contribution < 1.29 is 23.5 Å². The lowest BCUT2D eigenvalue weighted by Gasteiger charge is -2.13. The Labute approximate surface area is 134 Å². The maximum atomic E-state index is 13.7. The molecule has 120 valence electrons. The molecular formula is C16H12F2NO3S-. The average molecular weight is 336 g/mol. The van der Waals surface area contributed by atoms with Crippen LogP contribution in [0.15, 0.2) is 18.2 Å². The molecule has 1 heterocycles. The first-order valence-electron chi connectivity index (χ1n) is 7.10. The summed E-state index contributed by atoms with van der Waals surface area (Å²) in [4.78, 5) is 24.4. The van der Waals surface area contributed by atoms with Crippen LogP contribution in [0, 0.1) is 11.6 Å². The van der Waals surface area contributed by atoms with Crippen molar-refractivity contribution >= 4 is 28.2 Å². The van der Waals surface area contributed by atoms with Gasteiger partial charge in [-0.3, -0.25) is 4.79 Å². The summed E-state index contributed by atoms with van der Waals surface area (Å²) >= 11 is 1.13. The van der Waals surface area contributed by atoms with Crippen LogP contribution in [0.2, 0.25) is 0 Å². The molecule has 23 heavy (non-hydrogen) atoms. The van der Waals surface area contributed by atoms with E-state index in [1.54, 1.807) is 0 Å². The molecule has 7 heteroatoms. The van der Waals surface area contributed by atoms with E-state index in [4.69, 9.17) is 0 Å². The molecule has 4 nitrogen and oxygen atoms in total. The number of aryl methyl sites for hydroxylation is 1. The molecule has 1 aliphatic carbocycles. The number of fused-ring (bicyclic) bond motifs is 1. The molecule has 3 rings (SSSR count). The number of carbonyl (C=O) groups excluding carboxylic acids is 2. The van der Waals surface area contributed by atoms with Crippen molar-refractivity contribution in [3.05, 3.63) is 51.4 Å². The molecule has 1 aromatic heterocycles. The Morgan fingerprint density at radius 1 is 1.09 bits per heavy atom. The second kappa shape index (κ2) is 6.08. The smallest absolute Gasteiger partial charge is 0.262 e. The molecule has 1 N–H and O–H groups in total. The number of nitrogens with one attached hydrogen (secondary N) is 1. The molecule has 1 amide bonds. The van der Waals surface area contributed by atoms with Crippen molar-refractivity contribution in [3.8, 4) is 0 Å². The molecule has 0 spiro atoms. The summed E-state index contributed by atoms with van der Waals surface area (Å²) in [6, 6.07) is 3.09. The summed E-state index contributed by atoms with van der Waals surface area (Å²) in [6.07, 6.45) is 3.12. The number of hydrogen-bond donors (Lipinski definition) is 1. The van der Waals surface area contributed by atoms with Crippen LogP contribution in [0.4, 0.5) is 13.8 Å². The van der Waals surface area contributed by atoms with Gasteiger partial charge in [0.2, 0.25) is 0 Å². The number of carbonyl (C=O) groups is 2. The molecule has 1 aliphatic rings. The largest absolute Gasteiger partial charge is 0.545 e. The minimum atomic E-state index is -1.39. The Balaban J connectivity index is 1.98. The van der Waals surface area contributed by atoms with E-state index >= 15 is 0 Å². The predicted molar refractivity (Wildman–Crippen MR) is 79.6 cm³/mol. The Morgan fingerprint density at radius 2 is 1.74 bits per heavy atom. The van der Waals surface area contributed by atoms with Crippen LogP contribution in [0.3, 0.4) is 0 Å². The quantitative estimate of drug-likeness (QED) is 0.936. The summed E-state index contributed by atoms with van der Waals surface area (Å²) in [6.45, 7) is 0. The molecule has 0 fully saturated rings. The summed E-state index contributed by atoms with van der Waals surface area (Å²) in [5, 5.41) is 13.8. The topological polar surface area (TPSA) is 69.2 Å². The molecule has 0 saturated heterocycles. The Kier molecular flexibility index (Phi) is 4.12. The highest BCUT2D eigenvalue weighted by Gasteiger charge is 2.24. The highest BCUT2D eigenvalue weighted by atomic mass is 32.1. The number of thiophene rings is 1. The van der Waals surface area contributed by atoms with E-state index in [0.717, 1.165) is 53.7 Å². The summed E-state index contributed by atoms with van der Waals surface area (Å²) in [5.74, 6) is -4.41. The zero-order valence-electron chi connectivity index (χ0n) is 11.9. The number of anilines is 1. The molecule has 0 saturated carbocycles. The highest BCUT2D eigenvalue weighted by molar-refractivity contribution is 7.17. The van der Waals surface area contributed by atoms with Crippen LogP contribution in [-0.2, 0) is 12.8 Å². The van der Waals surface area contributed by atoms with Crippen LogP contribution < -0.4 is 10.4 Å². The van der Waals surface area contributed by atoms with Gasteiger partial charge in [0.05, 0.1) is 5.97 Å². The van der Waals surface area contributed by atoms with Crippen LogP contribution >= 0.6 is 11.3 Å². The Bertz CT molecular complexity index is 781. The van der Waals surface area contributed by atoms with E-state index in [0.29, 0.717) is 12.0 Å². The van der Waals surface area contributed by atoms with Crippen molar-refractivity contribution in [1.29, 1.82) is 0 Å². The number of hydrogen-bond acceptors (Lipinski definition) is 4. The fourth-order valence-corrected chi connectivity index (χ4v) is 4.02. The zero-order valence-corrected chi connectivity index (χ0v) is 12.8. The molecule has 0 bridgehead atoms. The van der Waals surface area contributed by atoms with Gasteiger partial charge in [-0.25, -0.2) is 8.78 Å². The average Bonchev–Trinajstić information content (AvgIpc) is 2.84. The van der Waals surface area contributed by atoms with Gasteiger partial charge in [-0.05, 0) is 43.4 Å². The second-order valence-electron chi connectivity index (χ2n) is 5.25. The van der Waals surface area contributed by atoms with Gasteiger partial charge in [-0.15, -0.1) is 11.3 Å². The number of halogens is 2. The number of benzene rings is 1. The fourth-order valence-electron chi connectivity index (χ4n) is 2.75. The van der Waals surface area contributed by atoms with Gasteiger partial charge in [0.25, 0.3) is 5.91 Å². The second-order valence-corrected chi connectivity index (χ2v) is 6.36. The van der Waals surface area contributed by atoms with E-state index in [1.165, 1.54) is 0 Å². The maximum Gasteiger partial charge on any atom is 0.262 e. The van der Waals surface area contributed by atoms with E-state index in [-0.39, 0.29) is 10.6 Å². The summed E-state index contributed by atoms with van der Waals surface area (Å²) in [5.41, 5.74) is -0.150. The monoisotopic (exact) mass is 336 g/mol. The lowest BCUT2D eigenvalue weighted by molar-refractivity contribution is -0.254. The lowest BCUT2D eigenvalue weighted by Crippen LogP contribution is -2.26. The summed E-state index contributed by atoms with van der Waals surface area (Å²) < 4.78 is 27.3. The van der Waals surface area contributed by atoms with Crippen molar-refractivity contribution in [2.75, 3.05) is 5.32 Å². The van der Waals surface area contributed by atoms with Crippen molar-refractivity contribution in [2.45, 2.75) is 25.7 Å². The molecule has 0 radical (unpaired) electrons. The van der Waals surface area contributed by atoms with Gasteiger partial charge in [-0.1, -0.05) is 6.07 Å². The third-order valence-corrected chi connectivity index (χ3v) is 5.00. The minimum Gasteiger partial charge on any atom is -0.545 e. The van der Waals surface area contributed by atoms with Gasteiger partial charge in [0.1, 0.15) is 22.2 Å². The van der Waals surface area contributed by atoms with Crippen LogP contribution in [0.25, 0.3) is 0 Å². The third kappa shape index (κ3) is 2.84. The summed E-state index contributed by atoms with van der Waals surface area (Å²) in [7, 11) is 0. The zero-order chi connectivity index (χ0) is 16.6. The predicted octanol–water partition coefficient (Wildman–Crippen LogP) is 2.52. The van der Waals surface area contributed by atoms with Gasteiger partial charge < -0.3 is 15.2 Å². The van der Waals surface area contributed by atoms with E-state index in [2.05, 4.69) is 5.32 Å². The number of amides is 1. The first-order chi connectivity index (χ1) is 11.0. The van der Waals surface area contributed by atoms with Gasteiger partial charge in [0, 0.05) is 10.4 Å². The van der Waals surface area contributed by atoms with E-state index in [9.17, 15) is 23.5 Å². The van der Waals surface area contributed by atoms with Crippen LogP contribution in [0.5, 0.6) is 0 Å². The SMILES string of the molecule is O=C(Nc1sc2c(c1C(=O)[O-])CCCC2)c1c(F)cccc1F. The van der Waals surface area contributed by atoms with Crippen molar-refractivity contribution in [2.24, 2.45) is 0 Å². The number of rotatable bonds is 3.